The molecular weight excluding hydrogens is 345 g/mol. The van der Waals surface area contributed by atoms with Crippen LogP contribution in [-0.2, 0) is 4.74 Å². The van der Waals surface area contributed by atoms with Crippen molar-refractivity contribution >= 4 is 38.7 Å². The maximum Gasteiger partial charge on any atom is 0.133 e. The van der Waals surface area contributed by atoms with Crippen molar-refractivity contribution in [3.8, 4) is 0 Å². The van der Waals surface area contributed by atoms with E-state index in [2.05, 4.69) is 55.2 Å². The number of benzene rings is 1. The molecule has 13 heavy (non-hydrogen) atoms. The highest BCUT2D eigenvalue weighted by atomic mass is 127. The lowest BCUT2D eigenvalue weighted by molar-refractivity contribution is 0.130. The monoisotopic (exact) mass is 355 g/mol. The lowest BCUT2D eigenvalue weighted by Gasteiger charge is -2.10. The van der Waals surface area contributed by atoms with Crippen molar-refractivity contribution in [1.82, 2.24) is 4.34 Å². The standard InChI is InChI=1S/C9H11BrINO/c10-12-6-7-13-9(11)8-4-2-1-3-5-8/h1-5,9,12H,6-7H2. The number of alkyl halides is 1. The fourth-order valence-electron chi connectivity index (χ4n) is 0.902. The molecule has 0 heterocycles. The van der Waals surface area contributed by atoms with Crippen molar-refractivity contribution in [2.75, 3.05) is 13.2 Å². The van der Waals surface area contributed by atoms with Crippen LogP contribution in [0.15, 0.2) is 30.3 Å². The molecule has 0 spiro atoms. The second-order valence-electron chi connectivity index (χ2n) is 2.48. The molecule has 72 valence electrons. The highest BCUT2D eigenvalue weighted by Crippen LogP contribution is 2.23. The summed E-state index contributed by atoms with van der Waals surface area (Å²) < 4.78 is 8.56. The van der Waals surface area contributed by atoms with Crippen LogP contribution in [0.3, 0.4) is 0 Å². The first-order valence-corrected chi connectivity index (χ1v) is 6.02. The molecule has 1 atom stereocenters. The predicted octanol–water partition coefficient (Wildman–Crippen LogP) is 3.04. The largest absolute Gasteiger partial charge is 0.362 e. The molecule has 0 fully saturated rings. The van der Waals surface area contributed by atoms with Crippen molar-refractivity contribution in [3.05, 3.63) is 35.9 Å². The third kappa shape index (κ3) is 4.39. The van der Waals surface area contributed by atoms with E-state index in [1.54, 1.807) is 0 Å². The van der Waals surface area contributed by atoms with Crippen LogP contribution < -0.4 is 4.34 Å². The summed E-state index contributed by atoms with van der Waals surface area (Å²) in [6, 6.07) is 10.2. The smallest absolute Gasteiger partial charge is 0.133 e. The highest BCUT2D eigenvalue weighted by Gasteiger charge is 2.04. The van der Waals surface area contributed by atoms with Crippen LogP contribution in [-0.4, -0.2) is 13.2 Å². The van der Waals surface area contributed by atoms with Gasteiger partial charge in [-0.2, -0.15) is 0 Å². The minimum Gasteiger partial charge on any atom is -0.362 e. The zero-order valence-electron chi connectivity index (χ0n) is 7.04. The lowest BCUT2D eigenvalue weighted by atomic mass is 10.2. The maximum atomic E-state index is 5.56. The molecule has 1 rings (SSSR count). The predicted molar refractivity (Wildman–Crippen MR) is 66.1 cm³/mol. The Morgan fingerprint density at radius 1 is 1.38 bits per heavy atom. The van der Waals surface area contributed by atoms with Crippen molar-refractivity contribution in [1.29, 1.82) is 0 Å². The van der Waals surface area contributed by atoms with Gasteiger partial charge >= 0.3 is 0 Å². The molecule has 0 aliphatic rings. The average Bonchev–Trinajstić information content (AvgIpc) is 2.19. The van der Waals surface area contributed by atoms with Crippen molar-refractivity contribution < 1.29 is 4.74 Å². The molecule has 0 saturated carbocycles. The van der Waals surface area contributed by atoms with Gasteiger partial charge in [0, 0.05) is 22.7 Å². The van der Waals surface area contributed by atoms with E-state index in [4.69, 9.17) is 4.74 Å². The van der Waals surface area contributed by atoms with Crippen LogP contribution in [0.4, 0.5) is 0 Å². The first kappa shape index (κ1) is 11.4. The van der Waals surface area contributed by atoms with Gasteiger partial charge in [-0.05, 0) is 28.2 Å². The van der Waals surface area contributed by atoms with Crippen LogP contribution >= 0.6 is 38.7 Å². The summed E-state index contributed by atoms with van der Waals surface area (Å²) in [6.07, 6.45) is 0. The molecule has 0 aliphatic heterocycles. The Bertz CT molecular complexity index is 232. The molecule has 1 aromatic carbocycles. The Kier molecular flexibility index (Phi) is 5.93. The summed E-state index contributed by atoms with van der Waals surface area (Å²) in [7, 11) is 0. The Morgan fingerprint density at radius 3 is 2.69 bits per heavy atom. The highest BCUT2D eigenvalue weighted by molar-refractivity contribution is 14.1. The quantitative estimate of drug-likeness (QED) is 0.379. The van der Waals surface area contributed by atoms with Crippen molar-refractivity contribution in [2.45, 2.75) is 4.11 Å². The van der Waals surface area contributed by atoms with Crippen LogP contribution in [0.1, 0.15) is 9.67 Å². The van der Waals surface area contributed by atoms with E-state index in [0.29, 0.717) is 6.61 Å². The molecule has 0 saturated heterocycles. The van der Waals surface area contributed by atoms with Gasteiger partial charge < -0.3 is 4.74 Å². The number of ether oxygens (including phenoxy) is 1. The Hall–Kier alpha value is 0.350. The lowest BCUT2D eigenvalue weighted by Crippen LogP contribution is -2.10. The number of hydrogen-bond donors (Lipinski definition) is 1. The van der Waals surface area contributed by atoms with Crippen molar-refractivity contribution in [2.24, 2.45) is 0 Å². The molecule has 0 bridgehead atoms. The second-order valence-corrected chi connectivity index (χ2v) is 4.17. The first-order chi connectivity index (χ1) is 6.34. The summed E-state index contributed by atoms with van der Waals surface area (Å²) in [6.45, 7) is 1.51. The molecular formula is C9H11BrINO. The van der Waals surface area contributed by atoms with E-state index >= 15 is 0 Å². The van der Waals surface area contributed by atoms with E-state index in [0.717, 1.165) is 6.54 Å². The second kappa shape index (κ2) is 6.75. The fraction of sp³-hybridized carbons (Fsp3) is 0.333. The van der Waals surface area contributed by atoms with Gasteiger partial charge in [0.15, 0.2) is 0 Å². The summed E-state index contributed by atoms with van der Waals surface area (Å²) in [5, 5.41) is 0. The SMILES string of the molecule is BrNCCOC(I)c1ccccc1. The van der Waals surface area contributed by atoms with Gasteiger partial charge in [-0.3, -0.25) is 4.34 Å². The molecule has 0 radical (unpaired) electrons. The summed E-state index contributed by atoms with van der Waals surface area (Å²) in [4.78, 5) is 0. The zero-order chi connectivity index (χ0) is 9.52. The maximum absolute atomic E-state index is 5.56. The molecule has 1 aromatic rings. The molecule has 0 aromatic heterocycles. The molecule has 1 unspecified atom stereocenters. The van der Waals surface area contributed by atoms with E-state index in [1.807, 2.05) is 18.2 Å². The fourth-order valence-corrected chi connectivity index (χ4v) is 1.73. The third-order valence-corrected chi connectivity index (χ3v) is 3.00. The minimum absolute atomic E-state index is 0.139. The molecule has 0 aliphatic carbocycles. The van der Waals surface area contributed by atoms with Gasteiger partial charge in [0.05, 0.1) is 6.61 Å². The summed E-state index contributed by atoms with van der Waals surface area (Å²) >= 11 is 5.41. The molecule has 0 amide bonds. The summed E-state index contributed by atoms with van der Waals surface area (Å²) in [5.41, 5.74) is 1.21. The van der Waals surface area contributed by atoms with Gasteiger partial charge in [0.1, 0.15) is 4.11 Å². The van der Waals surface area contributed by atoms with Crippen LogP contribution in [0, 0.1) is 0 Å². The van der Waals surface area contributed by atoms with E-state index in [1.165, 1.54) is 5.56 Å². The zero-order valence-corrected chi connectivity index (χ0v) is 10.8. The summed E-state index contributed by atoms with van der Waals surface area (Å²) in [5.74, 6) is 0. The van der Waals surface area contributed by atoms with Crippen LogP contribution in [0.2, 0.25) is 0 Å². The number of halogens is 2. The van der Waals surface area contributed by atoms with Crippen LogP contribution in [0.25, 0.3) is 0 Å². The molecule has 1 N–H and O–H groups in total. The first-order valence-electron chi connectivity index (χ1n) is 3.98. The van der Waals surface area contributed by atoms with Gasteiger partial charge in [0.2, 0.25) is 0 Å². The van der Waals surface area contributed by atoms with Gasteiger partial charge in [0.25, 0.3) is 0 Å². The van der Waals surface area contributed by atoms with Crippen molar-refractivity contribution in [3.63, 3.8) is 0 Å². The Balaban J connectivity index is 2.35. The number of nitrogens with one attached hydrogen (secondary N) is 1. The molecule has 2 nitrogen and oxygen atoms in total. The number of hydrogen-bond acceptors (Lipinski definition) is 2. The van der Waals surface area contributed by atoms with E-state index in [9.17, 15) is 0 Å². The Labute approximate surface area is 101 Å². The van der Waals surface area contributed by atoms with Gasteiger partial charge in [-0.15, -0.1) is 0 Å². The third-order valence-electron chi connectivity index (χ3n) is 1.52. The van der Waals surface area contributed by atoms with Gasteiger partial charge in [-0.25, -0.2) is 0 Å². The Morgan fingerprint density at radius 2 is 2.08 bits per heavy atom. The average molecular weight is 356 g/mol. The van der Waals surface area contributed by atoms with Crippen LogP contribution in [0.5, 0.6) is 0 Å². The van der Waals surface area contributed by atoms with Gasteiger partial charge in [-0.1, -0.05) is 30.3 Å². The molecule has 4 heteroatoms. The number of rotatable bonds is 5. The van der Waals surface area contributed by atoms with E-state index < -0.39 is 0 Å². The van der Waals surface area contributed by atoms with E-state index in [-0.39, 0.29) is 4.11 Å². The normalized spacial score (nSPS) is 12.8. The topological polar surface area (TPSA) is 21.3 Å². The minimum atomic E-state index is 0.139.